The summed E-state index contributed by atoms with van der Waals surface area (Å²) in [7, 11) is 0. The number of H-pyrrole nitrogens is 1. The highest BCUT2D eigenvalue weighted by molar-refractivity contribution is 7.80. The van der Waals surface area contributed by atoms with Crippen LogP contribution in [0.15, 0.2) is 35.1 Å². The first-order chi connectivity index (χ1) is 9.49. The van der Waals surface area contributed by atoms with Crippen LogP contribution < -0.4 is 16.6 Å². The van der Waals surface area contributed by atoms with Crippen LogP contribution in [0.1, 0.15) is 21.6 Å². The summed E-state index contributed by atoms with van der Waals surface area (Å²) in [6.07, 6.45) is 0. The molecule has 102 valence electrons. The molecule has 1 aromatic carbocycles. The lowest BCUT2D eigenvalue weighted by Gasteiger charge is -2.12. The van der Waals surface area contributed by atoms with Gasteiger partial charge >= 0.3 is 0 Å². The van der Waals surface area contributed by atoms with Crippen molar-refractivity contribution in [1.82, 2.24) is 10.2 Å². The van der Waals surface area contributed by atoms with E-state index < -0.39 is 5.91 Å². The number of hydrogen-bond acceptors (Lipinski definition) is 4. The Labute approximate surface area is 120 Å². The fourth-order valence-corrected chi connectivity index (χ4v) is 2.03. The van der Waals surface area contributed by atoms with Crippen LogP contribution in [0.4, 0.5) is 5.69 Å². The third-order valence-electron chi connectivity index (χ3n) is 2.68. The van der Waals surface area contributed by atoms with Gasteiger partial charge in [-0.05, 0) is 24.6 Å². The maximum Gasteiger partial charge on any atom is 0.276 e. The number of benzene rings is 1. The quantitative estimate of drug-likeness (QED) is 0.730. The van der Waals surface area contributed by atoms with Crippen LogP contribution in [0.3, 0.4) is 0 Å². The van der Waals surface area contributed by atoms with Gasteiger partial charge in [0.05, 0.1) is 5.69 Å². The van der Waals surface area contributed by atoms with Gasteiger partial charge in [-0.15, -0.1) is 0 Å². The van der Waals surface area contributed by atoms with Crippen molar-refractivity contribution in [3.63, 3.8) is 0 Å². The number of nitrogens with zero attached hydrogens (tertiary/aromatic N) is 1. The highest BCUT2D eigenvalue weighted by Gasteiger charge is 2.13. The van der Waals surface area contributed by atoms with Gasteiger partial charge in [0.25, 0.3) is 11.5 Å². The summed E-state index contributed by atoms with van der Waals surface area (Å²) in [6.45, 7) is 1.85. The fraction of sp³-hybridized carbons (Fsp3) is 0.0769. The van der Waals surface area contributed by atoms with E-state index in [4.69, 9.17) is 18.0 Å². The number of aryl methyl sites for hydroxylation is 1. The molecule has 0 aliphatic carbocycles. The lowest BCUT2D eigenvalue weighted by Crippen LogP contribution is -2.21. The van der Waals surface area contributed by atoms with Gasteiger partial charge in [-0.2, -0.15) is 5.10 Å². The van der Waals surface area contributed by atoms with Crippen molar-refractivity contribution in [2.75, 3.05) is 5.32 Å². The van der Waals surface area contributed by atoms with Gasteiger partial charge in [-0.3, -0.25) is 9.59 Å². The van der Waals surface area contributed by atoms with E-state index in [9.17, 15) is 9.59 Å². The van der Waals surface area contributed by atoms with Crippen LogP contribution in [-0.2, 0) is 0 Å². The molecule has 0 fully saturated rings. The Kier molecular flexibility index (Phi) is 3.90. The molecule has 0 atom stereocenters. The molecule has 2 aromatic rings. The SMILES string of the molecule is Cc1cccc(NC(=O)c2ccc(=O)[nH]n2)c1C(N)=S. The summed E-state index contributed by atoms with van der Waals surface area (Å²) in [6, 6.07) is 7.90. The van der Waals surface area contributed by atoms with Gasteiger partial charge in [0, 0.05) is 11.6 Å². The topological polar surface area (TPSA) is 101 Å². The Bertz CT molecular complexity index is 719. The molecule has 1 heterocycles. The summed E-state index contributed by atoms with van der Waals surface area (Å²) >= 11 is 4.99. The number of nitrogens with two attached hydrogens (primary N) is 1. The molecule has 7 heteroatoms. The Balaban J connectivity index is 2.33. The normalized spacial score (nSPS) is 10.1. The molecule has 0 saturated carbocycles. The number of amides is 1. The van der Waals surface area contributed by atoms with Crippen molar-refractivity contribution in [3.05, 3.63) is 57.5 Å². The second kappa shape index (κ2) is 5.62. The molecular weight excluding hydrogens is 276 g/mol. The van der Waals surface area contributed by atoms with E-state index in [-0.39, 0.29) is 16.2 Å². The van der Waals surface area contributed by atoms with Crippen molar-refractivity contribution in [2.24, 2.45) is 5.73 Å². The first-order valence-electron chi connectivity index (χ1n) is 5.75. The average Bonchev–Trinajstić information content (AvgIpc) is 2.39. The number of hydrogen-bond donors (Lipinski definition) is 3. The molecule has 0 spiro atoms. The highest BCUT2D eigenvalue weighted by Crippen LogP contribution is 2.19. The molecule has 0 bridgehead atoms. The first kappa shape index (κ1) is 13.9. The molecule has 1 amide bonds. The molecule has 6 nitrogen and oxygen atoms in total. The lowest BCUT2D eigenvalue weighted by atomic mass is 10.1. The van der Waals surface area contributed by atoms with Gasteiger partial charge in [-0.25, -0.2) is 5.10 Å². The van der Waals surface area contributed by atoms with Crippen molar-refractivity contribution in [2.45, 2.75) is 6.92 Å². The zero-order valence-corrected chi connectivity index (χ0v) is 11.5. The predicted molar refractivity (Wildman–Crippen MR) is 79.9 cm³/mol. The Morgan fingerprint density at radius 3 is 2.70 bits per heavy atom. The van der Waals surface area contributed by atoms with E-state index in [1.54, 1.807) is 12.1 Å². The summed E-state index contributed by atoms with van der Waals surface area (Å²) in [4.78, 5) is 23.1. The zero-order chi connectivity index (χ0) is 14.7. The van der Waals surface area contributed by atoms with E-state index in [2.05, 4.69) is 15.5 Å². The van der Waals surface area contributed by atoms with E-state index in [0.29, 0.717) is 11.3 Å². The third-order valence-corrected chi connectivity index (χ3v) is 2.88. The zero-order valence-electron chi connectivity index (χ0n) is 10.6. The number of aromatic amines is 1. The third kappa shape index (κ3) is 2.89. The van der Waals surface area contributed by atoms with Gasteiger partial charge in [0.1, 0.15) is 10.7 Å². The van der Waals surface area contributed by atoms with E-state index >= 15 is 0 Å². The number of rotatable bonds is 3. The number of thiocarbonyl (C=S) groups is 1. The largest absolute Gasteiger partial charge is 0.389 e. The van der Waals surface area contributed by atoms with Crippen LogP contribution in [0.2, 0.25) is 0 Å². The predicted octanol–water partition coefficient (Wildman–Crippen LogP) is 0.965. The molecule has 4 N–H and O–H groups in total. The first-order valence-corrected chi connectivity index (χ1v) is 6.16. The van der Waals surface area contributed by atoms with E-state index in [1.807, 2.05) is 13.0 Å². The van der Waals surface area contributed by atoms with Crippen molar-refractivity contribution in [3.8, 4) is 0 Å². The molecule has 0 aliphatic rings. The highest BCUT2D eigenvalue weighted by atomic mass is 32.1. The monoisotopic (exact) mass is 288 g/mol. The Morgan fingerprint density at radius 2 is 2.10 bits per heavy atom. The molecular formula is C13H12N4O2S. The minimum atomic E-state index is -0.454. The van der Waals surface area contributed by atoms with Crippen LogP contribution in [0.25, 0.3) is 0 Å². The Morgan fingerprint density at radius 1 is 1.35 bits per heavy atom. The summed E-state index contributed by atoms with van der Waals surface area (Å²) in [5, 5.41) is 8.53. The van der Waals surface area contributed by atoms with Gasteiger partial charge in [0.15, 0.2) is 0 Å². The molecule has 0 aliphatic heterocycles. The summed E-state index contributed by atoms with van der Waals surface area (Å²) in [5.41, 5.74) is 7.38. The maximum absolute atomic E-state index is 12.0. The van der Waals surface area contributed by atoms with Crippen LogP contribution in [0.5, 0.6) is 0 Å². The van der Waals surface area contributed by atoms with Crippen LogP contribution in [-0.4, -0.2) is 21.1 Å². The standard InChI is InChI=1S/C13H12N4O2S/c1-7-3-2-4-8(11(7)12(14)20)15-13(19)9-5-6-10(18)17-16-9/h2-6H,1H3,(H2,14,20)(H,15,19)(H,17,18). The van der Waals surface area contributed by atoms with Crippen LogP contribution in [0, 0.1) is 6.92 Å². The Hall–Kier alpha value is -2.54. The number of aromatic nitrogens is 2. The molecule has 2 rings (SSSR count). The smallest absolute Gasteiger partial charge is 0.276 e. The lowest BCUT2D eigenvalue weighted by molar-refractivity contribution is 0.102. The minimum absolute atomic E-state index is 0.0972. The number of anilines is 1. The average molecular weight is 288 g/mol. The number of carbonyl (C=O) groups is 1. The summed E-state index contributed by atoms with van der Waals surface area (Å²) in [5.74, 6) is -0.454. The van der Waals surface area contributed by atoms with E-state index in [1.165, 1.54) is 12.1 Å². The van der Waals surface area contributed by atoms with Crippen molar-refractivity contribution < 1.29 is 4.79 Å². The fourth-order valence-electron chi connectivity index (χ4n) is 1.76. The number of nitrogens with one attached hydrogen (secondary N) is 2. The second-order valence-corrected chi connectivity index (χ2v) is 4.56. The van der Waals surface area contributed by atoms with Crippen LogP contribution >= 0.6 is 12.2 Å². The van der Waals surface area contributed by atoms with Crippen molar-refractivity contribution in [1.29, 1.82) is 0 Å². The van der Waals surface area contributed by atoms with Gasteiger partial charge < -0.3 is 11.1 Å². The minimum Gasteiger partial charge on any atom is -0.389 e. The molecule has 0 saturated heterocycles. The molecule has 20 heavy (non-hydrogen) atoms. The van der Waals surface area contributed by atoms with Gasteiger partial charge in [0.2, 0.25) is 0 Å². The molecule has 0 unspecified atom stereocenters. The molecule has 1 aromatic heterocycles. The van der Waals surface area contributed by atoms with E-state index in [0.717, 1.165) is 5.56 Å². The second-order valence-electron chi connectivity index (χ2n) is 4.12. The summed E-state index contributed by atoms with van der Waals surface area (Å²) < 4.78 is 0. The number of carbonyl (C=O) groups excluding carboxylic acids is 1. The van der Waals surface area contributed by atoms with Gasteiger partial charge in [-0.1, -0.05) is 24.4 Å². The maximum atomic E-state index is 12.0. The molecule has 0 radical (unpaired) electrons. The van der Waals surface area contributed by atoms with Crippen molar-refractivity contribution >= 4 is 28.8 Å².